The summed E-state index contributed by atoms with van der Waals surface area (Å²) < 4.78 is 0. The molecule has 3 rings (SSSR count). The van der Waals surface area contributed by atoms with E-state index in [0.717, 1.165) is 52.9 Å². The summed E-state index contributed by atoms with van der Waals surface area (Å²) in [5.41, 5.74) is 1.03. The van der Waals surface area contributed by atoms with E-state index in [9.17, 15) is 4.79 Å². The van der Waals surface area contributed by atoms with Crippen LogP contribution in [0.1, 0.15) is 35.1 Å². The van der Waals surface area contributed by atoms with Crippen LogP contribution in [0.5, 0.6) is 0 Å². The molecule has 1 amide bonds. The van der Waals surface area contributed by atoms with E-state index >= 15 is 0 Å². The quantitative estimate of drug-likeness (QED) is 0.800. The summed E-state index contributed by atoms with van der Waals surface area (Å²) in [6, 6.07) is 4.05. The number of thiazole rings is 1. The van der Waals surface area contributed by atoms with Crippen molar-refractivity contribution in [3.05, 3.63) is 28.1 Å². The highest BCUT2D eigenvalue weighted by atomic mass is 35.5. The summed E-state index contributed by atoms with van der Waals surface area (Å²) in [7, 11) is 0. The molecule has 0 aliphatic carbocycles. The molecule has 2 aromatic rings. The van der Waals surface area contributed by atoms with Crippen molar-refractivity contribution in [2.24, 2.45) is 5.41 Å². The maximum Gasteiger partial charge on any atom is 0.263 e. The number of aryl methyl sites for hydroxylation is 1. The standard InChI is InChI=1S/C16H21N3OS2.2ClH/c1-11-13(22-15(19-11)12-4-3-9-21-12)14(20)18-10-16(2)5-7-17-8-6-16;;/h3-4,9,17H,5-8,10H2,1-2H3,(H,18,20);2*1H. The Morgan fingerprint density at radius 3 is 2.71 bits per heavy atom. The van der Waals surface area contributed by atoms with Gasteiger partial charge in [0.2, 0.25) is 0 Å². The molecule has 0 spiro atoms. The van der Waals surface area contributed by atoms with E-state index in [1.165, 1.54) is 11.3 Å². The number of amides is 1. The monoisotopic (exact) mass is 407 g/mol. The Hall–Kier alpha value is -0.660. The zero-order chi connectivity index (χ0) is 15.6. The van der Waals surface area contributed by atoms with E-state index in [2.05, 4.69) is 22.5 Å². The molecule has 4 nitrogen and oxygen atoms in total. The minimum Gasteiger partial charge on any atom is -0.351 e. The van der Waals surface area contributed by atoms with Crippen molar-refractivity contribution in [3.63, 3.8) is 0 Å². The van der Waals surface area contributed by atoms with Crippen LogP contribution in [0, 0.1) is 12.3 Å². The number of aromatic nitrogens is 1. The molecule has 1 aliphatic rings. The number of hydrogen-bond acceptors (Lipinski definition) is 5. The van der Waals surface area contributed by atoms with E-state index < -0.39 is 0 Å². The number of halogens is 2. The second kappa shape index (κ2) is 9.15. The Kier molecular flexibility index (Phi) is 8.15. The van der Waals surface area contributed by atoms with Gasteiger partial charge in [-0.25, -0.2) is 4.98 Å². The molecule has 0 aromatic carbocycles. The number of thiophene rings is 1. The van der Waals surface area contributed by atoms with Crippen molar-refractivity contribution in [2.45, 2.75) is 26.7 Å². The fourth-order valence-corrected chi connectivity index (χ4v) is 4.47. The molecule has 1 aliphatic heterocycles. The smallest absolute Gasteiger partial charge is 0.263 e. The summed E-state index contributed by atoms with van der Waals surface area (Å²) in [5.74, 6) is 0.0116. The van der Waals surface area contributed by atoms with E-state index in [4.69, 9.17) is 0 Å². The van der Waals surface area contributed by atoms with Gasteiger partial charge in [0.15, 0.2) is 0 Å². The van der Waals surface area contributed by atoms with Gasteiger partial charge in [-0.05, 0) is 49.7 Å². The molecule has 1 fully saturated rings. The topological polar surface area (TPSA) is 54.0 Å². The lowest BCUT2D eigenvalue weighted by Gasteiger charge is -2.34. The predicted octanol–water partition coefficient (Wildman–Crippen LogP) is 4.14. The summed E-state index contributed by atoms with van der Waals surface area (Å²) in [6.07, 6.45) is 2.21. The van der Waals surface area contributed by atoms with Gasteiger partial charge in [-0.3, -0.25) is 4.79 Å². The number of nitrogens with one attached hydrogen (secondary N) is 2. The average Bonchev–Trinajstić information content (AvgIpc) is 3.15. The van der Waals surface area contributed by atoms with Crippen molar-refractivity contribution in [1.82, 2.24) is 15.6 Å². The van der Waals surface area contributed by atoms with Gasteiger partial charge < -0.3 is 10.6 Å². The molecule has 0 saturated carbocycles. The van der Waals surface area contributed by atoms with Crippen LogP contribution in [0.25, 0.3) is 9.88 Å². The van der Waals surface area contributed by atoms with Gasteiger partial charge in [0.05, 0.1) is 10.6 Å². The molecular formula is C16H23Cl2N3OS2. The summed E-state index contributed by atoms with van der Waals surface area (Å²) >= 11 is 3.14. The number of hydrogen-bond donors (Lipinski definition) is 2. The number of carbonyl (C=O) groups is 1. The van der Waals surface area contributed by atoms with Crippen LogP contribution in [-0.4, -0.2) is 30.5 Å². The number of piperidine rings is 1. The van der Waals surface area contributed by atoms with Crippen molar-refractivity contribution < 1.29 is 4.79 Å². The van der Waals surface area contributed by atoms with E-state index in [0.29, 0.717) is 0 Å². The van der Waals surface area contributed by atoms with Crippen LogP contribution >= 0.6 is 47.5 Å². The lowest BCUT2D eigenvalue weighted by Crippen LogP contribution is -2.42. The maximum absolute atomic E-state index is 12.5. The predicted molar refractivity (Wildman–Crippen MR) is 107 cm³/mol. The minimum absolute atomic E-state index is 0. The minimum atomic E-state index is 0. The van der Waals surface area contributed by atoms with Crippen LogP contribution in [0.15, 0.2) is 17.5 Å². The molecule has 2 aromatic heterocycles. The Labute approximate surface area is 163 Å². The first kappa shape index (κ1) is 21.4. The molecule has 0 atom stereocenters. The van der Waals surface area contributed by atoms with Crippen molar-refractivity contribution in [2.75, 3.05) is 19.6 Å². The van der Waals surface area contributed by atoms with Crippen LogP contribution in [-0.2, 0) is 0 Å². The number of nitrogens with zero attached hydrogens (tertiary/aromatic N) is 1. The van der Waals surface area contributed by atoms with Gasteiger partial charge in [-0.1, -0.05) is 13.0 Å². The number of carbonyl (C=O) groups excluding carboxylic acids is 1. The molecule has 2 N–H and O–H groups in total. The van der Waals surface area contributed by atoms with Crippen molar-refractivity contribution in [1.29, 1.82) is 0 Å². The maximum atomic E-state index is 12.5. The summed E-state index contributed by atoms with van der Waals surface area (Å²) in [5, 5.41) is 9.45. The van der Waals surface area contributed by atoms with Gasteiger partial charge in [0.1, 0.15) is 9.88 Å². The van der Waals surface area contributed by atoms with Gasteiger partial charge in [0.25, 0.3) is 5.91 Å². The zero-order valence-corrected chi connectivity index (χ0v) is 17.0. The highest BCUT2D eigenvalue weighted by molar-refractivity contribution is 7.22. The molecule has 24 heavy (non-hydrogen) atoms. The van der Waals surface area contributed by atoms with Gasteiger partial charge in [-0.15, -0.1) is 47.5 Å². The van der Waals surface area contributed by atoms with Crippen molar-refractivity contribution >= 4 is 53.4 Å². The van der Waals surface area contributed by atoms with E-state index in [1.807, 2.05) is 24.4 Å². The fraction of sp³-hybridized carbons (Fsp3) is 0.500. The van der Waals surface area contributed by atoms with Crippen LogP contribution in [0.3, 0.4) is 0 Å². The lowest BCUT2D eigenvalue weighted by molar-refractivity contribution is 0.0925. The molecule has 3 heterocycles. The lowest BCUT2D eigenvalue weighted by atomic mass is 9.81. The van der Waals surface area contributed by atoms with Gasteiger partial charge in [-0.2, -0.15) is 0 Å². The Morgan fingerprint density at radius 1 is 1.38 bits per heavy atom. The second-order valence-corrected chi connectivity index (χ2v) is 8.10. The third-order valence-electron chi connectivity index (χ3n) is 4.22. The number of rotatable bonds is 4. The first-order valence-corrected chi connectivity index (χ1v) is 9.27. The summed E-state index contributed by atoms with van der Waals surface area (Å²) in [4.78, 5) is 18.9. The normalized spacial score (nSPS) is 15.9. The van der Waals surface area contributed by atoms with Crippen LogP contribution in [0.2, 0.25) is 0 Å². The molecule has 134 valence electrons. The van der Waals surface area contributed by atoms with Gasteiger partial charge in [0, 0.05) is 6.54 Å². The second-order valence-electron chi connectivity index (χ2n) is 6.15. The Balaban J connectivity index is 0.00000144. The molecule has 0 unspecified atom stereocenters. The van der Waals surface area contributed by atoms with E-state index in [-0.39, 0.29) is 36.1 Å². The molecular weight excluding hydrogens is 385 g/mol. The molecule has 0 radical (unpaired) electrons. The third kappa shape index (κ3) is 4.92. The highest BCUT2D eigenvalue weighted by Crippen LogP contribution is 2.31. The Morgan fingerprint density at radius 2 is 2.08 bits per heavy atom. The first-order chi connectivity index (χ1) is 10.6. The average molecular weight is 408 g/mol. The molecule has 1 saturated heterocycles. The first-order valence-electron chi connectivity index (χ1n) is 7.58. The zero-order valence-electron chi connectivity index (χ0n) is 13.8. The fourth-order valence-electron chi connectivity index (χ4n) is 2.69. The molecule has 8 heteroatoms. The third-order valence-corrected chi connectivity index (χ3v) is 6.42. The SMILES string of the molecule is Cc1nc(-c2cccs2)sc1C(=O)NCC1(C)CCNCC1.Cl.Cl. The van der Waals surface area contributed by atoms with Crippen LogP contribution in [0.4, 0.5) is 0 Å². The van der Waals surface area contributed by atoms with Crippen molar-refractivity contribution in [3.8, 4) is 9.88 Å². The molecule has 0 bridgehead atoms. The Bertz CT molecular complexity index is 652. The summed E-state index contributed by atoms with van der Waals surface area (Å²) in [6.45, 7) is 6.97. The van der Waals surface area contributed by atoms with E-state index in [1.54, 1.807) is 11.3 Å². The van der Waals surface area contributed by atoms with Gasteiger partial charge >= 0.3 is 0 Å². The largest absolute Gasteiger partial charge is 0.351 e. The highest BCUT2D eigenvalue weighted by Gasteiger charge is 2.28. The van der Waals surface area contributed by atoms with Crippen LogP contribution < -0.4 is 10.6 Å².